The molecule has 1 saturated heterocycles. The molecule has 0 amide bonds. The van der Waals surface area contributed by atoms with Gasteiger partial charge in [-0.15, -0.1) is 15.3 Å². The first kappa shape index (κ1) is 17.3. The monoisotopic (exact) mass is 372 g/mol. The standard InChI is InChI=1S/C18H15F3N6/c19-18(20,21)16-24-23-14-6-7-15(25-27(14)16)26-10-8-17(12-22,9-11-26)13-4-2-1-3-5-13/h1-7H,8-11H2. The molecule has 2 aromatic heterocycles. The van der Waals surface area contributed by atoms with Crippen LogP contribution in [0.5, 0.6) is 0 Å². The van der Waals surface area contributed by atoms with Gasteiger partial charge in [-0.05, 0) is 30.5 Å². The summed E-state index contributed by atoms with van der Waals surface area (Å²) in [7, 11) is 0. The number of aromatic nitrogens is 4. The van der Waals surface area contributed by atoms with Crippen LogP contribution in [0.3, 0.4) is 0 Å². The normalized spacial score (nSPS) is 17.0. The van der Waals surface area contributed by atoms with E-state index < -0.39 is 17.4 Å². The largest absolute Gasteiger partial charge is 0.453 e. The zero-order valence-electron chi connectivity index (χ0n) is 14.2. The Morgan fingerprint density at radius 2 is 1.70 bits per heavy atom. The van der Waals surface area contributed by atoms with Gasteiger partial charge in [0.05, 0.1) is 11.5 Å². The summed E-state index contributed by atoms with van der Waals surface area (Å²) in [5.74, 6) is -0.737. The Labute approximate surface area is 152 Å². The Hall–Kier alpha value is -3.15. The van der Waals surface area contributed by atoms with E-state index in [1.165, 1.54) is 6.07 Å². The molecule has 0 N–H and O–H groups in total. The van der Waals surface area contributed by atoms with Crippen molar-refractivity contribution < 1.29 is 13.2 Å². The van der Waals surface area contributed by atoms with Gasteiger partial charge in [0.25, 0.3) is 5.82 Å². The molecule has 0 radical (unpaired) electrons. The number of nitriles is 1. The summed E-state index contributed by atoms with van der Waals surface area (Å²) in [6.45, 7) is 1.04. The number of piperidine rings is 1. The Kier molecular flexibility index (Phi) is 3.98. The predicted molar refractivity (Wildman–Crippen MR) is 91.0 cm³/mol. The molecule has 0 unspecified atom stereocenters. The number of benzene rings is 1. The molecular weight excluding hydrogens is 357 g/mol. The fourth-order valence-corrected chi connectivity index (χ4v) is 3.46. The Balaban J connectivity index is 1.61. The van der Waals surface area contributed by atoms with Gasteiger partial charge in [-0.3, -0.25) is 0 Å². The highest BCUT2D eigenvalue weighted by atomic mass is 19.4. The first-order valence-corrected chi connectivity index (χ1v) is 8.44. The molecule has 3 heterocycles. The highest BCUT2D eigenvalue weighted by Crippen LogP contribution is 2.36. The number of anilines is 1. The molecule has 3 aromatic rings. The summed E-state index contributed by atoms with van der Waals surface area (Å²) in [4.78, 5) is 1.89. The lowest BCUT2D eigenvalue weighted by Crippen LogP contribution is -2.42. The molecule has 138 valence electrons. The SMILES string of the molecule is N#CC1(c2ccccc2)CCN(c2ccc3nnc(C(F)(F)F)n3n2)CC1. The van der Waals surface area contributed by atoms with Crippen molar-refractivity contribution in [3.63, 3.8) is 0 Å². The Morgan fingerprint density at radius 3 is 2.33 bits per heavy atom. The lowest BCUT2D eigenvalue weighted by atomic mass is 9.74. The van der Waals surface area contributed by atoms with Gasteiger partial charge in [0.2, 0.25) is 0 Å². The maximum absolute atomic E-state index is 13.0. The first-order valence-electron chi connectivity index (χ1n) is 8.44. The fourth-order valence-electron chi connectivity index (χ4n) is 3.46. The quantitative estimate of drug-likeness (QED) is 0.691. The lowest BCUT2D eigenvalue weighted by molar-refractivity contribution is -0.146. The summed E-state index contributed by atoms with van der Waals surface area (Å²) < 4.78 is 39.9. The molecule has 1 fully saturated rings. The van der Waals surface area contributed by atoms with Gasteiger partial charge >= 0.3 is 6.18 Å². The summed E-state index contributed by atoms with van der Waals surface area (Å²) in [5.41, 5.74) is 0.419. The van der Waals surface area contributed by atoms with E-state index in [4.69, 9.17) is 0 Å². The molecular formula is C18H15F3N6. The van der Waals surface area contributed by atoms with Gasteiger partial charge in [0, 0.05) is 13.1 Å². The molecule has 1 aliphatic rings. The van der Waals surface area contributed by atoms with E-state index >= 15 is 0 Å². The van der Waals surface area contributed by atoms with E-state index in [1.807, 2.05) is 35.2 Å². The molecule has 1 aromatic carbocycles. The molecule has 9 heteroatoms. The predicted octanol–water partition coefficient (Wildman–Crippen LogP) is 3.20. The third kappa shape index (κ3) is 2.97. The van der Waals surface area contributed by atoms with Crippen LogP contribution in [0.2, 0.25) is 0 Å². The molecule has 6 nitrogen and oxygen atoms in total. The van der Waals surface area contributed by atoms with Crippen molar-refractivity contribution in [1.82, 2.24) is 19.8 Å². The van der Waals surface area contributed by atoms with Crippen LogP contribution in [-0.2, 0) is 11.6 Å². The van der Waals surface area contributed by atoms with E-state index in [2.05, 4.69) is 21.4 Å². The van der Waals surface area contributed by atoms with E-state index in [-0.39, 0.29) is 5.65 Å². The maximum Gasteiger partial charge on any atom is 0.453 e. The topological polar surface area (TPSA) is 70.1 Å². The molecule has 0 bridgehead atoms. The average Bonchev–Trinajstić information content (AvgIpc) is 3.12. The molecule has 1 aliphatic heterocycles. The zero-order chi connectivity index (χ0) is 19.1. The van der Waals surface area contributed by atoms with E-state index in [1.54, 1.807) is 6.07 Å². The maximum atomic E-state index is 13.0. The van der Waals surface area contributed by atoms with Gasteiger partial charge in [0.1, 0.15) is 5.82 Å². The number of rotatable bonds is 2. The van der Waals surface area contributed by atoms with Crippen molar-refractivity contribution in [2.24, 2.45) is 0 Å². The zero-order valence-corrected chi connectivity index (χ0v) is 14.2. The third-order valence-electron chi connectivity index (χ3n) is 4.98. The fraction of sp³-hybridized carbons (Fsp3) is 0.333. The van der Waals surface area contributed by atoms with Crippen LogP contribution in [0.15, 0.2) is 42.5 Å². The summed E-state index contributed by atoms with van der Waals surface area (Å²) >= 11 is 0. The number of alkyl halides is 3. The average molecular weight is 372 g/mol. The molecule has 27 heavy (non-hydrogen) atoms. The van der Waals surface area contributed by atoms with Crippen LogP contribution < -0.4 is 4.90 Å². The second-order valence-electron chi connectivity index (χ2n) is 6.53. The lowest BCUT2D eigenvalue weighted by Gasteiger charge is -2.38. The van der Waals surface area contributed by atoms with Crippen molar-refractivity contribution in [2.45, 2.75) is 24.4 Å². The summed E-state index contributed by atoms with van der Waals surface area (Å²) in [6, 6.07) is 15.1. The Morgan fingerprint density at radius 1 is 1.00 bits per heavy atom. The van der Waals surface area contributed by atoms with Gasteiger partial charge in [-0.25, -0.2) is 0 Å². The molecule has 0 spiro atoms. The highest BCUT2D eigenvalue weighted by Gasteiger charge is 2.39. The molecule has 0 saturated carbocycles. The third-order valence-corrected chi connectivity index (χ3v) is 4.98. The van der Waals surface area contributed by atoms with Gasteiger partial charge in [-0.2, -0.15) is 22.9 Å². The molecule has 0 aliphatic carbocycles. The summed E-state index contributed by atoms with van der Waals surface area (Å²) in [6.07, 6.45) is -3.49. The Bertz CT molecular complexity index is 997. The minimum atomic E-state index is -4.63. The minimum absolute atomic E-state index is 0.0405. The highest BCUT2D eigenvalue weighted by molar-refractivity contribution is 5.47. The number of halogens is 3. The smallest absolute Gasteiger partial charge is 0.355 e. The van der Waals surface area contributed by atoms with Gasteiger partial charge < -0.3 is 4.90 Å². The van der Waals surface area contributed by atoms with E-state index in [0.29, 0.717) is 31.7 Å². The van der Waals surface area contributed by atoms with Gasteiger partial charge in [0.15, 0.2) is 5.65 Å². The van der Waals surface area contributed by atoms with Crippen LogP contribution in [0.25, 0.3) is 5.65 Å². The second-order valence-corrected chi connectivity index (χ2v) is 6.53. The van der Waals surface area contributed by atoms with Crippen molar-refractivity contribution in [3.05, 3.63) is 53.9 Å². The van der Waals surface area contributed by atoms with Crippen LogP contribution in [0.1, 0.15) is 24.2 Å². The number of hydrogen-bond acceptors (Lipinski definition) is 5. The van der Waals surface area contributed by atoms with Crippen molar-refractivity contribution >= 4 is 11.5 Å². The van der Waals surface area contributed by atoms with Gasteiger partial charge in [-0.1, -0.05) is 30.3 Å². The minimum Gasteiger partial charge on any atom is -0.355 e. The number of fused-ring (bicyclic) bond motifs is 1. The summed E-state index contributed by atoms with van der Waals surface area (Å²) in [5, 5.41) is 20.6. The van der Waals surface area contributed by atoms with E-state index in [0.717, 1.165) is 10.1 Å². The van der Waals surface area contributed by atoms with Crippen LogP contribution >= 0.6 is 0 Å². The number of hydrogen-bond donors (Lipinski definition) is 0. The molecule has 4 rings (SSSR count). The first-order chi connectivity index (χ1) is 12.9. The van der Waals surface area contributed by atoms with Crippen LogP contribution in [-0.4, -0.2) is 32.9 Å². The van der Waals surface area contributed by atoms with Crippen LogP contribution in [0.4, 0.5) is 19.0 Å². The van der Waals surface area contributed by atoms with Crippen LogP contribution in [0, 0.1) is 11.3 Å². The van der Waals surface area contributed by atoms with Crippen molar-refractivity contribution in [1.29, 1.82) is 5.26 Å². The van der Waals surface area contributed by atoms with Crippen molar-refractivity contribution in [2.75, 3.05) is 18.0 Å². The molecule has 0 atom stereocenters. The van der Waals surface area contributed by atoms with E-state index in [9.17, 15) is 18.4 Å². The number of nitrogens with zero attached hydrogens (tertiary/aromatic N) is 6. The second kappa shape index (κ2) is 6.23. The van der Waals surface area contributed by atoms with Crippen molar-refractivity contribution in [3.8, 4) is 6.07 Å².